The van der Waals surface area contributed by atoms with E-state index < -0.39 is 0 Å². The highest BCUT2D eigenvalue weighted by Gasteiger charge is 2.30. The molecule has 0 aliphatic heterocycles. The van der Waals surface area contributed by atoms with Gasteiger partial charge in [0.05, 0.1) is 17.2 Å². The highest BCUT2D eigenvalue weighted by Crippen LogP contribution is 2.45. The second-order valence-electron chi connectivity index (χ2n) is 7.32. The summed E-state index contributed by atoms with van der Waals surface area (Å²) in [7, 11) is 0. The van der Waals surface area contributed by atoms with Crippen LogP contribution in [-0.2, 0) is 0 Å². The van der Waals surface area contributed by atoms with Gasteiger partial charge in [-0.05, 0) is 51.0 Å². The van der Waals surface area contributed by atoms with Crippen LogP contribution in [0, 0.1) is 0 Å². The quantitative estimate of drug-likeness (QED) is 0.146. The predicted molar refractivity (Wildman–Crippen MR) is 135 cm³/mol. The van der Waals surface area contributed by atoms with Crippen molar-refractivity contribution in [3.05, 3.63) is 135 Å². The van der Waals surface area contributed by atoms with Crippen molar-refractivity contribution in [3.63, 3.8) is 0 Å². The van der Waals surface area contributed by atoms with Gasteiger partial charge in [-0.3, -0.25) is 0 Å². The Morgan fingerprint density at radius 3 is 1.27 bits per heavy atom. The van der Waals surface area contributed by atoms with Crippen molar-refractivity contribution in [2.24, 2.45) is 5.11 Å². The maximum atomic E-state index is 9.05. The average Bonchev–Trinajstić information content (AvgIpc) is 3.33. The van der Waals surface area contributed by atoms with Gasteiger partial charge in [0.25, 0.3) is 0 Å². The van der Waals surface area contributed by atoms with Gasteiger partial charge in [0.1, 0.15) is 0 Å². The van der Waals surface area contributed by atoms with E-state index in [9.17, 15) is 0 Å². The first-order valence-electron chi connectivity index (χ1n) is 9.97. The Morgan fingerprint density at radius 2 is 0.879 bits per heavy atom. The summed E-state index contributed by atoms with van der Waals surface area (Å²) in [5.41, 5.74) is 27.2. The first-order chi connectivity index (χ1) is 15.3. The van der Waals surface area contributed by atoms with Gasteiger partial charge in [-0.25, -0.2) is 0 Å². The fourth-order valence-corrected chi connectivity index (χ4v) is 4.41. The first-order valence-corrected chi connectivity index (χ1v) is 9.97. The van der Waals surface area contributed by atoms with E-state index in [0.29, 0.717) is 5.71 Å². The van der Waals surface area contributed by atoms with Gasteiger partial charge in [0, 0.05) is 4.91 Å². The van der Waals surface area contributed by atoms with Crippen LogP contribution in [0.15, 0.2) is 102 Å². The monoisotopic (exact) mass is 431 g/mol. The van der Waals surface area contributed by atoms with Crippen LogP contribution in [0.25, 0.3) is 38.2 Å². The standard InChI is InChI=1S/C13H9N3.C13H8N2.2CH4/c14-16-15-13-11-7-3-1-5-9(11)10-6-2-4-8-12(10)13;14-15-13-11-7-3-1-5-9(11)10-6-2-4-8-12(10)13;;/h1-8,13H;1-8H;2*1H4. The summed E-state index contributed by atoms with van der Waals surface area (Å²) in [6.45, 7) is 0. The van der Waals surface area contributed by atoms with E-state index in [1.54, 1.807) is 0 Å². The lowest BCUT2D eigenvalue weighted by Crippen LogP contribution is -1.98. The van der Waals surface area contributed by atoms with Gasteiger partial charge in [-0.15, -0.1) is 0 Å². The zero-order valence-corrected chi connectivity index (χ0v) is 16.6. The number of rotatable bonds is 1. The Morgan fingerprint density at radius 1 is 0.515 bits per heavy atom. The summed E-state index contributed by atoms with van der Waals surface area (Å²) in [6, 6.07) is 31.9. The summed E-state index contributed by atoms with van der Waals surface area (Å²) < 4.78 is 0. The molecule has 0 bridgehead atoms. The summed E-state index contributed by atoms with van der Waals surface area (Å²) >= 11 is 0. The van der Waals surface area contributed by atoms with E-state index in [0.717, 1.165) is 33.4 Å². The van der Waals surface area contributed by atoms with Crippen molar-refractivity contribution in [2.45, 2.75) is 20.9 Å². The molecule has 0 amide bonds. The molecule has 162 valence electrons. The average molecular weight is 432 g/mol. The molecule has 0 saturated carbocycles. The van der Waals surface area contributed by atoms with Crippen molar-refractivity contribution >= 4 is 5.71 Å². The fourth-order valence-electron chi connectivity index (χ4n) is 4.41. The SMILES string of the molecule is C.C.[N-]=[N+]=C1c2ccccc2-c2ccccc21.[N-]=[N+]=NC1c2ccccc2-c2ccccc21. The second-order valence-corrected chi connectivity index (χ2v) is 7.32. The molecule has 0 aromatic heterocycles. The minimum absolute atomic E-state index is 0. The van der Waals surface area contributed by atoms with Crippen molar-refractivity contribution in [1.82, 2.24) is 0 Å². The largest absolute Gasteiger partial charge is 0.361 e. The minimum atomic E-state index is -0.169. The van der Waals surface area contributed by atoms with Crippen molar-refractivity contribution in [1.29, 1.82) is 0 Å². The van der Waals surface area contributed by atoms with Gasteiger partial charge in [0.2, 0.25) is 0 Å². The van der Waals surface area contributed by atoms with E-state index in [1.165, 1.54) is 11.1 Å². The molecule has 4 aromatic rings. The lowest BCUT2D eigenvalue weighted by Gasteiger charge is -2.04. The molecule has 6 rings (SSSR count). The maximum Gasteiger partial charge on any atom is 0.330 e. The molecule has 2 aliphatic carbocycles. The number of hydrogen-bond donors (Lipinski definition) is 0. The molecule has 0 saturated heterocycles. The second kappa shape index (κ2) is 9.80. The number of azide groups is 1. The third-order valence-corrected chi connectivity index (χ3v) is 5.72. The zero-order valence-electron chi connectivity index (χ0n) is 16.6. The summed E-state index contributed by atoms with van der Waals surface area (Å²) in [4.78, 5) is 6.33. The molecule has 33 heavy (non-hydrogen) atoms. The Bertz CT molecular complexity index is 1320. The van der Waals surface area contributed by atoms with Gasteiger partial charge < -0.3 is 5.53 Å². The number of benzene rings is 4. The molecule has 0 spiro atoms. The Labute approximate surface area is 194 Å². The summed E-state index contributed by atoms with van der Waals surface area (Å²) in [5, 5.41) is 3.89. The van der Waals surface area contributed by atoms with E-state index in [1.807, 2.05) is 84.9 Å². The van der Waals surface area contributed by atoms with Crippen LogP contribution >= 0.6 is 0 Å². The highest BCUT2D eigenvalue weighted by atomic mass is 15.1. The number of hydrogen-bond acceptors (Lipinski definition) is 1. The van der Waals surface area contributed by atoms with Crippen molar-refractivity contribution < 1.29 is 4.79 Å². The molecule has 2 aliphatic rings. The highest BCUT2D eigenvalue weighted by molar-refractivity contribution is 6.21. The normalized spacial score (nSPS) is 11.6. The predicted octanol–water partition coefficient (Wildman–Crippen LogP) is 8.07. The van der Waals surface area contributed by atoms with Crippen LogP contribution in [0.1, 0.15) is 43.1 Å². The molecular formula is C28H25N5. The molecule has 5 nitrogen and oxygen atoms in total. The first kappa shape index (κ1) is 23.2. The van der Waals surface area contributed by atoms with Crippen LogP contribution in [0.2, 0.25) is 0 Å². The van der Waals surface area contributed by atoms with E-state index in [2.05, 4.69) is 26.9 Å². The smallest absolute Gasteiger partial charge is 0.330 e. The van der Waals surface area contributed by atoms with Gasteiger partial charge in [-0.1, -0.05) is 105 Å². The Kier molecular flexibility index (Phi) is 6.90. The molecular weight excluding hydrogens is 406 g/mol. The van der Waals surface area contributed by atoms with E-state index in [-0.39, 0.29) is 20.9 Å². The van der Waals surface area contributed by atoms with Crippen LogP contribution < -0.4 is 0 Å². The molecule has 0 radical (unpaired) electrons. The lowest BCUT2D eigenvalue weighted by molar-refractivity contribution is -0.00243. The van der Waals surface area contributed by atoms with E-state index in [4.69, 9.17) is 11.1 Å². The Balaban J connectivity index is 0.000000175. The number of nitrogens with zero attached hydrogens (tertiary/aromatic N) is 5. The third kappa shape index (κ3) is 3.83. The fraction of sp³-hybridized carbons (Fsp3) is 0.107. The van der Waals surface area contributed by atoms with Gasteiger partial charge in [-0.2, -0.15) is 4.79 Å². The molecule has 5 heteroatoms. The lowest BCUT2D eigenvalue weighted by atomic mass is 10.1. The Hall–Kier alpha value is -4.43. The zero-order chi connectivity index (χ0) is 21.2. The van der Waals surface area contributed by atoms with Gasteiger partial charge in [0.15, 0.2) is 0 Å². The molecule has 0 atom stereocenters. The van der Waals surface area contributed by atoms with Gasteiger partial charge >= 0.3 is 5.71 Å². The molecule has 0 unspecified atom stereocenters. The number of fused-ring (bicyclic) bond motifs is 6. The van der Waals surface area contributed by atoms with E-state index >= 15 is 0 Å². The third-order valence-electron chi connectivity index (χ3n) is 5.72. The van der Waals surface area contributed by atoms with Crippen LogP contribution in [0.5, 0.6) is 0 Å². The summed E-state index contributed by atoms with van der Waals surface area (Å²) in [5.74, 6) is 0. The van der Waals surface area contributed by atoms with Crippen molar-refractivity contribution in [2.75, 3.05) is 0 Å². The van der Waals surface area contributed by atoms with Crippen molar-refractivity contribution in [3.8, 4) is 22.3 Å². The maximum absolute atomic E-state index is 9.05. The molecule has 0 heterocycles. The topological polar surface area (TPSA) is 85.2 Å². The molecule has 4 aromatic carbocycles. The molecule has 0 N–H and O–H groups in total. The van der Waals surface area contributed by atoms with Crippen LogP contribution in [0.4, 0.5) is 0 Å². The van der Waals surface area contributed by atoms with Crippen LogP contribution in [-0.4, -0.2) is 10.5 Å². The van der Waals surface area contributed by atoms with Crippen LogP contribution in [0.3, 0.4) is 0 Å². The molecule has 0 fully saturated rings. The summed E-state index contributed by atoms with van der Waals surface area (Å²) in [6.07, 6.45) is 0. The minimum Gasteiger partial charge on any atom is -0.361 e.